The van der Waals surface area contributed by atoms with Crippen LogP contribution in [0.3, 0.4) is 0 Å². The lowest BCUT2D eigenvalue weighted by Crippen LogP contribution is -2.11. The third-order valence-electron chi connectivity index (χ3n) is 3.30. The Morgan fingerprint density at radius 1 is 1.26 bits per heavy atom. The fourth-order valence-electron chi connectivity index (χ4n) is 2.14. The second kappa shape index (κ2) is 6.30. The molecule has 1 N–H and O–H groups in total. The largest absolute Gasteiger partial charge is 0.347 e. The molecule has 0 atom stereocenters. The smallest absolute Gasteiger partial charge is 0.223 e. The van der Waals surface area contributed by atoms with Crippen LogP contribution in [-0.4, -0.2) is 36.0 Å². The molecule has 0 fully saturated rings. The van der Waals surface area contributed by atoms with Gasteiger partial charge in [0.05, 0.1) is 23.5 Å². The van der Waals surface area contributed by atoms with Crippen molar-refractivity contribution in [2.75, 3.05) is 5.32 Å². The van der Waals surface area contributed by atoms with Crippen molar-refractivity contribution in [1.82, 2.24) is 30.2 Å². The quantitative estimate of drug-likeness (QED) is 0.714. The lowest BCUT2D eigenvalue weighted by atomic mass is 10.2. The molecule has 3 aromatic rings. The molecule has 8 nitrogen and oxygen atoms in total. The Labute approximate surface area is 132 Å². The number of aryl methyl sites for hydroxylation is 1. The zero-order valence-electron chi connectivity index (χ0n) is 12.8. The van der Waals surface area contributed by atoms with Gasteiger partial charge >= 0.3 is 0 Å². The Bertz CT molecular complexity index is 829. The first-order valence-electron chi connectivity index (χ1n) is 7.06. The van der Waals surface area contributed by atoms with Gasteiger partial charge in [-0.05, 0) is 36.4 Å². The fraction of sp³-hybridized carbons (Fsp3) is 0.200. The Kier molecular flexibility index (Phi) is 4.05. The maximum atomic E-state index is 11.4. The van der Waals surface area contributed by atoms with E-state index in [1.807, 2.05) is 30.3 Å². The van der Waals surface area contributed by atoms with Gasteiger partial charge in [-0.3, -0.25) is 4.79 Å². The normalized spacial score (nSPS) is 10.5. The van der Waals surface area contributed by atoms with Crippen LogP contribution in [-0.2, 0) is 6.54 Å². The van der Waals surface area contributed by atoms with Gasteiger partial charge in [0.1, 0.15) is 0 Å². The van der Waals surface area contributed by atoms with E-state index in [0.717, 1.165) is 5.69 Å². The van der Waals surface area contributed by atoms with Crippen molar-refractivity contribution in [2.45, 2.75) is 20.4 Å². The molecular weight excluding hydrogens is 294 g/mol. The fourth-order valence-corrected chi connectivity index (χ4v) is 2.14. The highest BCUT2D eigenvalue weighted by molar-refractivity contribution is 5.94. The van der Waals surface area contributed by atoms with Crippen LogP contribution in [0.5, 0.6) is 0 Å². The van der Waals surface area contributed by atoms with E-state index in [-0.39, 0.29) is 5.78 Å². The van der Waals surface area contributed by atoms with Crippen LogP contribution in [0.1, 0.15) is 28.8 Å². The van der Waals surface area contributed by atoms with Gasteiger partial charge in [0.25, 0.3) is 0 Å². The molecule has 0 saturated heterocycles. The SMILES string of the molecule is CC(=O)c1cnc(NCc2nnnn2-c2ccccc2)nc1C. The Balaban J connectivity index is 1.76. The van der Waals surface area contributed by atoms with E-state index in [9.17, 15) is 4.79 Å². The average molecular weight is 309 g/mol. The van der Waals surface area contributed by atoms with Gasteiger partial charge in [-0.2, -0.15) is 4.68 Å². The first kappa shape index (κ1) is 14.8. The number of nitrogens with zero attached hydrogens (tertiary/aromatic N) is 6. The highest BCUT2D eigenvalue weighted by Crippen LogP contribution is 2.10. The van der Waals surface area contributed by atoms with Crippen LogP contribution in [0.2, 0.25) is 0 Å². The lowest BCUT2D eigenvalue weighted by Gasteiger charge is -2.07. The maximum Gasteiger partial charge on any atom is 0.223 e. The molecule has 0 saturated carbocycles. The summed E-state index contributed by atoms with van der Waals surface area (Å²) in [7, 11) is 0. The molecule has 2 heterocycles. The van der Waals surface area contributed by atoms with Gasteiger partial charge in [0.2, 0.25) is 5.95 Å². The average Bonchev–Trinajstić information content (AvgIpc) is 3.02. The number of carbonyl (C=O) groups excluding carboxylic acids is 1. The first-order valence-corrected chi connectivity index (χ1v) is 7.06. The third kappa shape index (κ3) is 3.20. The molecule has 116 valence electrons. The first-order chi connectivity index (χ1) is 11.1. The minimum absolute atomic E-state index is 0.0536. The van der Waals surface area contributed by atoms with E-state index in [1.54, 1.807) is 11.6 Å². The van der Waals surface area contributed by atoms with Crippen LogP contribution in [0.25, 0.3) is 5.69 Å². The molecule has 0 aliphatic rings. The highest BCUT2D eigenvalue weighted by Gasteiger charge is 2.10. The van der Waals surface area contributed by atoms with Crippen molar-refractivity contribution in [1.29, 1.82) is 0 Å². The number of para-hydroxylation sites is 1. The number of carbonyl (C=O) groups is 1. The van der Waals surface area contributed by atoms with E-state index >= 15 is 0 Å². The molecule has 0 radical (unpaired) electrons. The van der Waals surface area contributed by atoms with Gasteiger partial charge in [-0.1, -0.05) is 18.2 Å². The van der Waals surface area contributed by atoms with Crippen LogP contribution in [0.15, 0.2) is 36.5 Å². The van der Waals surface area contributed by atoms with Crippen LogP contribution < -0.4 is 5.32 Å². The lowest BCUT2D eigenvalue weighted by molar-refractivity contribution is 0.101. The molecular formula is C15H15N7O. The third-order valence-corrected chi connectivity index (χ3v) is 3.30. The van der Waals surface area contributed by atoms with Crippen molar-refractivity contribution in [3.63, 3.8) is 0 Å². The minimum Gasteiger partial charge on any atom is -0.347 e. The topological polar surface area (TPSA) is 98.5 Å². The molecule has 0 spiro atoms. The van der Waals surface area contributed by atoms with E-state index in [1.165, 1.54) is 13.1 Å². The second-order valence-electron chi connectivity index (χ2n) is 4.94. The number of ketones is 1. The number of nitrogens with one attached hydrogen (secondary N) is 1. The summed E-state index contributed by atoms with van der Waals surface area (Å²) in [6.07, 6.45) is 1.52. The Morgan fingerprint density at radius 2 is 2.04 bits per heavy atom. The molecule has 0 bridgehead atoms. The molecule has 0 aliphatic carbocycles. The number of tetrazole rings is 1. The summed E-state index contributed by atoms with van der Waals surface area (Å²) in [6, 6.07) is 9.60. The molecule has 3 rings (SSSR count). The number of Topliss-reactive ketones (excluding diaryl/α,β-unsaturated/α-hetero) is 1. The number of rotatable bonds is 5. The van der Waals surface area contributed by atoms with Crippen molar-refractivity contribution < 1.29 is 4.79 Å². The molecule has 23 heavy (non-hydrogen) atoms. The van der Waals surface area contributed by atoms with Crippen molar-refractivity contribution in [3.05, 3.63) is 53.6 Å². The Morgan fingerprint density at radius 3 is 2.74 bits per heavy atom. The molecule has 2 aromatic heterocycles. The van der Waals surface area contributed by atoms with Crippen LogP contribution in [0, 0.1) is 6.92 Å². The number of benzene rings is 1. The van der Waals surface area contributed by atoms with Gasteiger partial charge in [0, 0.05) is 6.20 Å². The van der Waals surface area contributed by atoms with Crippen LogP contribution in [0.4, 0.5) is 5.95 Å². The molecule has 0 aliphatic heterocycles. The summed E-state index contributed by atoms with van der Waals surface area (Å²) in [5, 5.41) is 14.8. The zero-order chi connectivity index (χ0) is 16.2. The molecule has 1 aromatic carbocycles. The van der Waals surface area contributed by atoms with E-state index in [4.69, 9.17) is 0 Å². The van der Waals surface area contributed by atoms with Crippen molar-refractivity contribution >= 4 is 11.7 Å². The molecule has 0 amide bonds. The van der Waals surface area contributed by atoms with Crippen molar-refractivity contribution in [3.8, 4) is 5.69 Å². The Hall–Kier alpha value is -3.16. The molecule has 0 unspecified atom stereocenters. The van der Waals surface area contributed by atoms with Crippen molar-refractivity contribution in [2.24, 2.45) is 0 Å². The van der Waals surface area contributed by atoms with E-state index < -0.39 is 0 Å². The number of anilines is 1. The summed E-state index contributed by atoms with van der Waals surface area (Å²) in [4.78, 5) is 19.8. The van der Waals surface area contributed by atoms with Gasteiger partial charge in [0.15, 0.2) is 11.6 Å². The minimum atomic E-state index is -0.0536. The van der Waals surface area contributed by atoms with E-state index in [2.05, 4.69) is 30.8 Å². The summed E-state index contributed by atoms with van der Waals surface area (Å²) in [5.41, 5.74) is 2.03. The highest BCUT2D eigenvalue weighted by atomic mass is 16.1. The molecule has 8 heteroatoms. The summed E-state index contributed by atoms with van der Waals surface area (Å²) in [6.45, 7) is 3.63. The number of aromatic nitrogens is 6. The van der Waals surface area contributed by atoms with Crippen LogP contribution >= 0.6 is 0 Å². The van der Waals surface area contributed by atoms with Gasteiger partial charge < -0.3 is 5.32 Å². The monoisotopic (exact) mass is 309 g/mol. The maximum absolute atomic E-state index is 11.4. The zero-order valence-corrected chi connectivity index (χ0v) is 12.8. The predicted octanol–water partition coefficient (Wildman–Crippen LogP) is 1.58. The van der Waals surface area contributed by atoms with Gasteiger partial charge in [-0.15, -0.1) is 5.10 Å². The number of hydrogen-bond acceptors (Lipinski definition) is 7. The van der Waals surface area contributed by atoms with Gasteiger partial charge in [-0.25, -0.2) is 9.97 Å². The second-order valence-corrected chi connectivity index (χ2v) is 4.94. The summed E-state index contributed by atoms with van der Waals surface area (Å²) >= 11 is 0. The summed E-state index contributed by atoms with van der Waals surface area (Å²) in [5.74, 6) is 1.00. The standard InChI is InChI=1S/C15H15N7O/c1-10-13(11(2)23)8-16-15(18-10)17-9-14-19-20-21-22(14)12-6-4-3-5-7-12/h3-8H,9H2,1-2H3,(H,16,17,18). The number of hydrogen-bond donors (Lipinski definition) is 1. The predicted molar refractivity (Wildman–Crippen MR) is 83.3 cm³/mol. The summed E-state index contributed by atoms with van der Waals surface area (Å²) < 4.78 is 1.64. The van der Waals surface area contributed by atoms with E-state index in [0.29, 0.717) is 29.6 Å².